The maximum atomic E-state index is 11.8. The van der Waals surface area contributed by atoms with Crippen molar-refractivity contribution in [2.45, 2.75) is 52.0 Å². The third-order valence-corrected chi connectivity index (χ3v) is 4.08. The number of hydrogen-bond donors (Lipinski definition) is 3. The molecule has 5 heteroatoms. The molecule has 1 rings (SSSR count). The number of amides is 1. The van der Waals surface area contributed by atoms with Crippen LogP contribution in [0.15, 0.2) is 0 Å². The second-order valence-electron chi connectivity index (χ2n) is 5.62. The molecule has 0 saturated heterocycles. The topological polar surface area (TPSA) is 78.4 Å². The highest BCUT2D eigenvalue weighted by Gasteiger charge is 2.27. The summed E-state index contributed by atoms with van der Waals surface area (Å²) in [5.41, 5.74) is 0. The van der Waals surface area contributed by atoms with Gasteiger partial charge in [0.1, 0.15) is 0 Å². The number of carbonyl (C=O) groups is 2. The molecule has 3 N–H and O–H groups in total. The molecule has 3 unspecified atom stereocenters. The Hall–Kier alpha value is -1.10. The molecule has 1 saturated carbocycles. The molecule has 0 spiro atoms. The third kappa shape index (κ3) is 6.05. The van der Waals surface area contributed by atoms with Crippen LogP contribution in [-0.4, -0.2) is 36.1 Å². The van der Waals surface area contributed by atoms with E-state index in [1.54, 1.807) is 0 Å². The number of carbonyl (C=O) groups excluding carboxylic acids is 1. The van der Waals surface area contributed by atoms with Crippen LogP contribution in [0.3, 0.4) is 0 Å². The maximum absolute atomic E-state index is 11.8. The standard InChI is InChI=1S/C14H26N2O3/c1-10-5-3-6-12(11(10)2)16-13(17)9-15-8-4-7-14(18)19/h10-12,15H,3-9H2,1-2H3,(H,16,17)(H,18,19). The van der Waals surface area contributed by atoms with Crippen molar-refractivity contribution in [2.24, 2.45) is 11.8 Å². The van der Waals surface area contributed by atoms with Crippen LogP contribution in [0.5, 0.6) is 0 Å². The zero-order valence-electron chi connectivity index (χ0n) is 11.9. The van der Waals surface area contributed by atoms with Crippen LogP contribution >= 0.6 is 0 Å². The summed E-state index contributed by atoms with van der Waals surface area (Å²) < 4.78 is 0. The highest BCUT2D eigenvalue weighted by molar-refractivity contribution is 5.78. The van der Waals surface area contributed by atoms with Gasteiger partial charge in [-0.15, -0.1) is 0 Å². The van der Waals surface area contributed by atoms with Gasteiger partial charge in [-0.1, -0.05) is 26.7 Å². The molecule has 0 heterocycles. The van der Waals surface area contributed by atoms with Gasteiger partial charge in [0.15, 0.2) is 0 Å². The first-order valence-electron chi connectivity index (χ1n) is 7.22. The Balaban J connectivity index is 2.14. The van der Waals surface area contributed by atoms with E-state index >= 15 is 0 Å². The van der Waals surface area contributed by atoms with Crippen molar-refractivity contribution in [3.63, 3.8) is 0 Å². The summed E-state index contributed by atoms with van der Waals surface area (Å²) in [6, 6.07) is 0.289. The molecule has 1 aliphatic carbocycles. The van der Waals surface area contributed by atoms with E-state index in [0.717, 1.165) is 6.42 Å². The number of carboxylic acid groups (broad SMARTS) is 1. The molecule has 3 atom stereocenters. The number of aliphatic carboxylic acids is 1. The van der Waals surface area contributed by atoms with Crippen molar-refractivity contribution >= 4 is 11.9 Å². The van der Waals surface area contributed by atoms with Gasteiger partial charge >= 0.3 is 5.97 Å². The summed E-state index contributed by atoms with van der Waals surface area (Å²) >= 11 is 0. The van der Waals surface area contributed by atoms with E-state index in [9.17, 15) is 9.59 Å². The lowest BCUT2D eigenvalue weighted by atomic mass is 9.78. The minimum atomic E-state index is -0.795. The van der Waals surface area contributed by atoms with Gasteiger partial charge < -0.3 is 15.7 Å². The van der Waals surface area contributed by atoms with Crippen LogP contribution in [0.2, 0.25) is 0 Å². The van der Waals surface area contributed by atoms with Gasteiger partial charge in [0.05, 0.1) is 6.54 Å². The minimum Gasteiger partial charge on any atom is -0.481 e. The average molecular weight is 270 g/mol. The Morgan fingerprint density at radius 1 is 1.26 bits per heavy atom. The molecule has 1 aliphatic rings. The normalized spacial score (nSPS) is 26.9. The van der Waals surface area contributed by atoms with Crippen molar-refractivity contribution in [3.05, 3.63) is 0 Å². The first-order chi connectivity index (χ1) is 9.00. The van der Waals surface area contributed by atoms with Gasteiger partial charge in [0, 0.05) is 12.5 Å². The fourth-order valence-corrected chi connectivity index (χ4v) is 2.61. The zero-order valence-corrected chi connectivity index (χ0v) is 11.9. The Morgan fingerprint density at radius 2 is 2.00 bits per heavy atom. The first kappa shape index (κ1) is 16.0. The molecular formula is C14H26N2O3. The minimum absolute atomic E-state index is 0.0151. The van der Waals surface area contributed by atoms with Crippen LogP contribution in [-0.2, 0) is 9.59 Å². The number of carboxylic acids is 1. The van der Waals surface area contributed by atoms with Crippen LogP contribution in [0.1, 0.15) is 46.0 Å². The fourth-order valence-electron chi connectivity index (χ4n) is 2.61. The zero-order chi connectivity index (χ0) is 14.3. The van der Waals surface area contributed by atoms with Crippen molar-refractivity contribution in [3.8, 4) is 0 Å². The van der Waals surface area contributed by atoms with Gasteiger partial charge in [0.25, 0.3) is 0 Å². The summed E-state index contributed by atoms with van der Waals surface area (Å²) in [6.07, 6.45) is 4.20. The summed E-state index contributed by atoms with van der Waals surface area (Å²) in [5.74, 6) is 0.421. The van der Waals surface area contributed by atoms with Crippen molar-refractivity contribution in [2.75, 3.05) is 13.1 Å². The molecule has 0 aromatic carbocycles. The summed E-state index contributed by atoms with van der Waals surface area (Å²) in [7, 11) is 0. The van der Waals surface area contributed by atoms with E-state index in [0.29, 0.717) is 24.8 Å². The van der Waals surface area contributed by atoms with Crippen molar-refractivity contribution < 1.29 is 14.7 Å². The quantitative estimate of drug-likeness (QED) is 0.611. The van der Waals surface area contributed by atoms with E-state index in [4.69, 9.17) is 5.11 Å². The molecule has 0 radical (unpaired) electrons. The van der Waals surface area contributed by atoms with Gasteiger partial charge in [-0.05, 0) is 31.2 Å². The van der Waals surface area contributed by atoms with E-state index < -0.39 is 5.97 Å². The summed E-state index contributed by atoms with van der Waals surface area (Å²) in [5, 5.41) is 14.5. The molecule has 0 aliphatic heterocycles. The number of hydrogen-bond acceptors (Lipinski definition) is 3. The molecule has 1 fully saturated rings. The van der Waals surface area contributed by atoms with Crippen molar-refractivity contribution in [1.29, 1.82) is 0 Å². The van der Waals surface area contributed by atoms with E-state index in [1.807, 2.05) is 0 Å². The molecule has 1 amide bonds. The monoisotopic (exact) mass is 270 g/mol. The molecule has 110 valence electrons. The van der Waals surface area contributed by atoms with Gasteiger partial charge in [-0.2, -0.15) is 0 Å². The van der Waals surface area contributed by atoms with Crippen LogP contribution in [0.4, 0.5) is 0 Å². The SMILES string of the molecule is CC1CCCC(NC(=O)CNCCCC(=O)O)C1C. The lowest BCUT2D eigenvalue weighted by molar-refractivity contribution is -0.137. The van der Waals surface area contributed by atoms with Crippen LogP contribution < -0.4 is 10.6 Å². The molecule has 0 aromatic rings. The number of rotatable bonds is 7. The Morgan fingerprint density at radius 3 is 2.68 bits per heavy atom. The molecule has 0 bridgehead atoms. The predicted molar refractivity (Wildman–Crippen MR) is 73.8 cm³/mol. The largest absolute Gasteiger partial charge is 0.481 e. The summed E-state index contributed by atoms with van der Waals surface area (Å²) in [6.45, 7) is 5.29. The van der Waals surface area contributed by atoms with E-state index in [-0.39, 0.29) is 24.9 Å². The molecular weight excluding hydrogens is 244 g/mol. The lowest BCUT2D eigenvalue weighted by Crippen LogP contribution is -2.46. The van der Waals surface area contributed by atoms with Gasteiger partial charge in [-0.3, -0.25) is 9.59 Å². The van der Waals surface area contributed by atoms with E-state index in [1.165, 1.54) is 12.8 Å². The average Bonchev–Trinajstić information content (AvgIpc) is 2.34. The second kappa shape index (κ2) is 8.15. The third-order valence-electron chi connectivity index (χ3n) is 4.08. The highest BCUT2D eigenvalue weighted by Crippen LogP contribution is 2.29. The second-order valence-corrected chi connectivity index (χ2v) is 5.62. The Labute approximate surface area is 115 Å². The van der Waals surface area contributed by atoms with E-state index in [2.05, 4.69) is 24.5 Å². The van der Waals surface area contributed by atoms with Crippen LogP contribution in [0.25, 0.3) is 0 Å². The number of nitrogens with one attached hydrogen (secondary N) is 2. The van der Waals surface area contributed by atoms with Crippen molar-refractivity contribution in [1.82, 2.24) is 10.6 Å². The molecule has 0 aromatic heterocycles. The highest BCUT2D eigenvalue weighted by atomic mass is 16.4. The molecule has 5 nitrogen and oxygen atoms in total. The molecule has 19 heavy (non-hydrogen) atoms. The van der Waals surface area contributed by atoms with Gasteiger partial charge in [-0.25, -0.2) is 0 Å². The summed E-state index contributed by atoms with van der Waals surface area (Å²) in [4.78, 5) is 22.1. The van der Waals surface area contributed by atoms with Crippen LogP contribution in [0, 0.1) is 11.8 Å². The fraction of sp³-hybridized carbons (Fsp3) is 0.857. The predicted octanol–water partition coefficient (Wildman–Crippen LogP) is 1.38. The maximum Gasteiger partial charge on any atom is 0.303 e. The lowest BCUT2D eigenvalue weighted by Gasteiger charge is -2.34. The smallest absolute Gasteiger partial charge is 0.303 e. The first-order valence-corrected chi connectivity index (χ1v) is 7.22. The van der Waals surface area contributed by atoms with Gasteiger partial charge in [0.2, 0.25) is 5.91 Å². The Kier molecular flexibility index (Phi) is 6.84. The Bertz CT molecular complexity index is 307.